The number of amides is 1. The van der Waals surface area contributed by atoms with E-state index in [1.54, 1.807) is 22.9 Å². The third-order valence-electron chi connectivity index (χ3n) is 7.26. The molecule has 4 N–H and O–H groups in total. The molecule has 3 aromatic carbocycles. The number of nitrogens with zero attached hydrogens (tertiary/aromatic N) is 5. The van der Waals surface area contributed by atoms with E-state index >= 15 is 0 Å². The lowest BCUT2D eigenvalue weighted by molar-refractivity contribution is 0.120. The van der Waals surface area contributed by atoms with E-state index in [1.807, 2.05) is 48.5 Å². The van der Waals surface area contributed by atoms with Gasteiger partial charge >= 0.3 is 6.09 Å². The van der Waals surface area contributed by atoms with Crippen molar-refractivity contribution in [1.29, 1.82) is 0 Å². The first-order valence-corrected chi connectivity index (χ1v) is 14.3. The molecule has 2 aromatic heterocycles. The number of nitrogens with one attached hydrogen (secondary N) is 1. The number of nitrogen functional groups attached to an aromatic ring is 1. The van der Waals surface area contributed by atoms with Crippen LogP contribution in [-0.2, 0) is 16.6 Å². The van der Waals surface area contributed by atoms with Crippen molar-refractivity contribution < 1.29 is 18.3 Å². The van der Waals surface area contributed by atoms with Crippen molar-refractivity contribution in [2.45, 2.75) is 30.3 Å². The van der Waals surface area contributed by atoms with E-state index in [2.05, 4.69) is 14.7 Å². The highest BCUT2D eigenvalue weighted by molar-refractivity contribution is 7.89. The number of piperidine rings is 1. The van der Waals surface area contributed by atoms with Crippen molar-refractivity contribution in [1.82, 2.24) is 29.4 Å². The summed E-state index contributed by atoms with van der Waals surface area (Å²) in [4.78, 5) is 21.7. The summed E-state index contributed by atoms with van der Waals surface area (Å²) >= 11 is 0. The number of sulfonamides is 1. The fraction of sp³-hybridized carbons (Fsp3) is 0.214. The molecular formula is C28H27N7O4S. The first kappa shape index (κ1) is 25.7. The van der Waals surface area contributed by atoms with Gasteiger partial charge in [-0.15, -0.1) is 0 Å². The van der Waals surface area contributed by atoms with Crippen LogP contribution in [0.15, 0.2) is 78.0 Å². The minimum absolute atomic E-state index is 0.114. The Morgan fingerprint density at radius 2 is 1.82 bits per heavy atom. The molecule has 0 aliphatic carbocycles. The molecule has 0 spiro atoms. The van der Waals surface area contributed by atoms with Gasteiger partial charge in [0.25, 0.3) is 0 Å². The van der Waals surface area contributed by atoms with Gasteiger partial charge in [-0.3, -0.25) is 0 Å². The Morgan fingerprint density at radius 1 is 1.05 bits per heavy atom. The minimum Gasteiger partial charge on any atom is -0.465 e. The Kier molecular flexibility index (Phi) is 6.56. The van der Waals surface area contributed by atoms with Crippen LogP contribution in [0.1, 0.15) is 24.4 Å². The van der Waals surface area contributed by atoms with Crippen molar-refractivity contribution in [2.75, 3.05) is 18.8 Å². The quantitative estimate of drug-likeness (QED) is 0.283. The van der Waals surface area contributed by atoms with Crippen LogP contribution in [0.4, 0.5) is 10.6 Å². The predicted molar refractivity (Wildman–Crippen MR) is 151 cm³/mol. The monoisotopic (exact) mass is 557 g/mol. The average molecular weight is 558 g/mol. The van der Waals surface area contributed by atoms with Crippen LogP contribution in [0.3, 0.4) is 0 Å². The molecule has 12 heteroatoms. The summed E-state index contributed by atoms with van der Waals surface area (Å²) in [6.45, 7) is 0.913. The molecule has 0 unspecified atom stereocenters. The number of aromatic nitrogens is 4. The Hall–Kier alpha value is -4.55. The Labute approximate surface area is 230 Å². The van der Waals surface area contributed by atoms with Gasteiger partial charge in [-0.1, -0.05) is 54.6 Å². The van der Waals surface area contributed by atoms with Crippen molar-refractivity contribution in [3.8, 4) is 11.3 Å². The molecule has 204 valence electrons. The van der Waals surface area contributed by atoms with Crippen LogP contribution in [0.5, 0.6) is 0 Å². The van der Waals surface area contributed by atoms with Crippen LogP contribution >= 0.6 is 0 Å². The highest BCUT2D eigenvalue weighted by atomic mass is 32.2. The van der Waals surface area contributed by atoms with Gasteiger partial charge in [0, 0.05) is 25.2 Å². The van der Waals surface area contributed by atoms with Gasteiger partial charge in [-0.2, -0.15) is 5.10 Å². The molecule has 1 aliphatic heterocycles. The number of anilines is 1. The number of fused-ring (bicyclic) bond motifs is 2. The second-order valence-electron chi connectivity index (χ2n) is 9.81. The number of carboxylic acid groups (broad SMARTS) is 1. The second-order valence-corrected chi connectivity index (χ2v) is 11.6. The molecule has 1 aliphatic rings. The summed E-state index contributed by atoms with van der Waals surface area (Å²) in [7, 11) is -3.71. The van der Waals surface area contributed by atoms with E-state index in [-0.39, 0.29) is 23.3 Å². The van der Waals surface area contributed by atoms with Gasteiger partial charge < -0.3 is 15.7 Å². The van der Waals surface area contributed by atoms with Gasteiger partial charge in [-0.25, -0.2) is 32.6 Å². The van der Waals surface area contributed by atoms with E-state index in [4.69, 9.17) is 10.8 Å². The number of hydrogen-bond donors (Lipinski definition) is 3. The smallest absolute Gasteiger partial charge is 0.407 e. The fourth-order valence-electron chi connectivity index (χ4n) is 5.16. The molecule has 3 heterocycles. The highest BCUT2D eigenvalue weighted by Crippen LogP contribution is 2.34. The highest BCUT2D eigenvalue weighted by Gasteiger charge is 2.28. The molecule has 40 heavy (non-hydrogen) atoms. The largest absolute Gasteiger partial charge is 0.465 e. The van der Waals surface area contributed by atoms with E-state index in [1.165, 1.54) is 11.2 Å². The van der Waals surface area contributed by atoms with Crippen molar-refractivity contribution in [3.63, 3.8) is 0 Å². The lowest BCUT2D eigenvalue weighted by Gasteiger charge is -2.30. The molecule has 6 rings (SSSR count). The molecule has 0 bridgehead atoms. The summed E-state index contributed by atoms with van der Waals surface area (Å²) in [5.74, 6) is 0.282. The van der Waals surface area contributed by atoms with Gasteiger partial charge in [0.1, 0.15) is 17.8 Å². The summed E-state index contributed by atoms with van der Waals surface area (Å²) in [6.07, 6.45) is 1.91. The van der Waals surface area contributed by atoms with Crippen LogP contribution in [-0.4, -0.2) is 57.4 Å². The standard InChI is InChI=1S/C28H27N7O4S/c29-26-24-25(33-35(27(24)31-17-30-26)22-6-3-13-34(16-22)28(36)37)20-9-7-18(8-10-20)15-32-40(38,39)23-12-11-19-4-1-2-5-21(19)14-23/h1-2,4-5,7-12,14,17,22,32H,3,6,13,15-16H2,(H,36,37)(H2,29,30,31)/t22-/m1/s1. The van der Waals surface area contributed by atoms with Crippen LogP contribution in [0.25, 0.3) is 33.1 Å². The van der Waals surface area contributed by atoms with Crippen molar-refractivity contribution in [2.24, 2.45) is 0 Å². The van der Waals surface area contributed by atoms with Gasteiger partial charge in [0.05, 0.1) is 16.3 Å². The predicted octanol–water partition coefficient (Wildman–Crippen LogP) is 4.02. The molecule has 1 amide bonds. The van der Waals surface area contributed by atoms with E-state index in [0.29, 0.717) is 29.8 Å². The zero-order valence-corrected chi connectivity index (χ0v) is 22.3. The molecule has 0 saturated carbocycles. The van der Waals surface area contributed by atoms with Crippen LogP contribution in [0, 0.1) is 0 Å². The van der Waals surface area contributed by atoms with Crippen molar-refractivity contribution in [3.05, 3.63) is 78.6 Å². The second kappa shape index (κ2) is 10.2. The maximum Gasteiger partial charge on any atom is 0.407 e. The van der Waals surface area contributed by atoms with Gasteiger partial charge in [0.15, 0.2) is 5.65 Å². The number of hydrogen-bond acceptors (Lipinski definition) is 7. The van der Waals surface area contributed by atoms with E-state index in [0.717, 1.165) is 34.7 Å². The molecule has 5 aromatic rings. The van der Waals surface area contributed by atoms with Gasteiger partial charge in [-0.05, 0) is 41.3 Å². The Morgan fingerprint density at radius 3 is 2.60 bits per heavy atom. The third kappa shape index (κ3) is 4.82. The summed E-state index contributed by atoms with van der Waals surface area (Å²) in [5, 5.41) is 16.7. The van der Waals surface area contributed by atoms with Crippen LogP contribution in [0.2, 0.25) is 0 Å². The van der Waals surface area contributed by atoms with Crippen LogP contribution < -0.4 is 10.5 Å². The molecule has 1 fully saturated rings. The lowest BCUT2D eigenvalue weighted by atomic mass is 10.1. The summed E-state index contributed by atoms with van der Waals surface area (Å²) in [5.41, 5.74) is 8.91. The topological polar surface area (TPSA) is 156 Å². The van der Waals surface area contributed by atoms with E-state index < -0.39 is 16.1 Å². The number of rotatable bonds is 6. The number of likely N-dealkylation sites (tertiary alicyclic amines) is 1. The molecule has 11 nitrogen and oxygen atoms in total. The first-order chi connectivity index (χ1) is 19.3. The first-order valence-electron chi connectivity index (χ1n) is 12.8. The Bertz CT molecular complexity index is 1840. The zero-order valence-electron chi connectivity index (χ0n) is 21.4. The van der Waals surface area contributed by atoms with E-state index in [9.17, 15) is 18.3 Å². The maximum atomic E-state index is 12.9. The van der Waals surface area contributed by atoms with Crippen molar-refractivity contribution >= 4 is 43.7 Å². The number of nitrogens with two attached hydrogens (primary N) is 1. The normalized spacial score (nSPS) is 16.0. The van der Waals surface area contributed by atoms with Gasteiger partial charge in [0.2, 0.25) is 10.0 Å². The summed E-state index contributed by atoms with van der Waals surface area (Å²) < 4.78 is 30.3. The number of carbonyl (C=O) groups is 1. The number of benzene rings is 3. The SMILES string of the molecule is Nc1ncnc2c1c(-c1ccc(CNS(=O)(=O)c3ccc4ccccc4c3)cc1)nn2[C@@H]1CCCN(C(=O)O)C1. The lowest BCUT2D eigenvalue weighted by Crippen LogP contribution is -2.40. The minimum atomic E-state index is -3.71. The maximum absolute atomic E-state index is 12.9. The molecule has 1 atom stereocenters. The average Bonchev–Trinajstić information content (AvgIpc) is 3.37. The molecular weight excluding hydrogens is 530 g/mol. The molecule has 0 radical (unpaired) electrons. The fourth-order valence-corrected chi connectivity index (χ4v) is 6.21. The Balaban J connectivity index is 1.25. The third-order valence-corrected chi connectivity index (χ3v) is 8.65. The summed E-state index contributed by atoms with van der Waals surface area (Å²) in [6, 6.07) is 19.8. The zero-order chi connectivity index (χ0) is 27.9. The molecule has 1 saturated heterocycles.